The average Bonchev–Trinajstić information content (AvgIpc) is 2.30. The summed E-state index contributed by atoms with van der Waals surface area (Å²) in [7, 11) is 3.33. The first-order valence-corrected chi connectivity index (χ1v) is 3.40. The van der Waals surface area contributed by atoms with E-state index < -0.39 is 6.10 Å². The fraction of sp³-hybridized carbons (Fsp3) is 0.571. The maximum absolute atomic E-state index is 9.26. The van der Waals surface area contributed by atoms with Gasteiger partial charge >= 0.3 is 0 Å². The summed E-state index contributed by atoms with van der Waals surface area (Å²) in [6, 6.07) is 0. The van der Waals surface area contributed by atoms with Crippen LogP contribution in [0.15, 0.2) is 6.20 Å². The summed E-state index contributed by atoms with van der Waals surface area (Å²) in [6.07, 6.45) is 1.04. The number of aryl methyl sites for hydroxylation is 1. The Morgan fingerprint density at radius 2 is 2.36 bits per heavy atom. The van der Waals surface area contributed by atoms with Crippen molar-refractivity contribution in [2.75, 3.05) is 7.11 Å². The van der Waals surface area contributed by atoms with Crippen molar-refractivity contribution in [1.29, 1.82) is 0 Å². The Bertz CT molecular complexity index is 243. The number of hydrogen-bond donors (Lipinski definition) is 1. The van der Waals surface area contributed by atoms with Crippen LogP contribution in [0.25, 0.3) is 0 Å². The van der Waals surface area contributed by atoms with Crippen LogP contribution in [0.2, 0.25) is 0 Å². The number of aromatic nitrogens is 2. The molecule has 4 nitrogen and oxygen atoms in total. The Hall–Kier alpha value is -1.03. The van der Waals surface area contributed by atoms with Crippen LogP contribution in [-0.2, 0) is 7.05 Å². The van der Waals surface area contributed by atoms with Gasteiger partial charge in [-0.1, -0.05) is 0 Å². The molecule has 0 saturated heterocycles. The summed E-state index contributed by atoms with van der Waals surface area (Å²) < 4.78 is 6.58. The normalized spacial score (nSPS) is 13.1. The predicted octanol–water partition coefficient (Wildman–Crippen LogP) is 0.482. The van der Waals surface area contributed by atoms with Crippen molar-refractivity contribution in [2.45, 2.75) is 13.0 Å². The summed E-state index contributed by atoms with van der Waals surface area (Å²) in [4.78, 5) is 0. The highest BCUT2D eigenvalue weighted by atomic mass is 16.5. The zero-order valence-corrected chi connectivity index (χ0v) is 6.90. The quantitative estimate of drug-likeness (QED) is 0.677. The molecular formula is C7H12N2O2. The lowest BCUT2D eigenvalue weighted by atomic mass is 10.3. The molecule has 0 aliphatic rings. The smallest absolute Gasteiger partial charge is 0.162 e. The number of ether oxygens (including phenoxy) is 1. The van der Waals surface area contributed by atoms with Crippen LogP contribution in [0.3, 0.4) is 0 Å². The van der Waals surface area contributed by atoms with Crippen molar-refractivity contribution in [2.24, 2.45) is 7.05 Å². The summed E-state index contributed by atoms with van der Waals surface area (Å²) in [6.45, 7) is 1.68. The zero-order valence-electron chi connectivity index (χ0n) is 6.90. The first-order valence-electron chi connectivity index (χ1n) is 3.40. The van der Waals surface area contributed by atoms with E-state index in [1.165, 1.54) is 0 Å². The number of aliphatic hydroxyl groups is 1. The Morgan fingerprint density at radius 1 is 1.73 bits per heavy atom. The molecule has 1 rings (SSSR count). The third-order valence-electron chi connectivity index (χ3n) is 1.56. The molecule has 62 valence electrons. The molecule has 1 heterocycles. The van der Waals surface area contributed by atoms with Crippen molar-refractivity contribution >= 4 is 0 Å². The van der Waals surface area contributed by atoms with Gasteiger partial charge in [-0.25, -0.2) is 0 Å². The molecule has 0 fully saturated rings. The maximum atomic E-state index is 9.26. The molecule has 11 heavy (non-hydrogen) atoms. The van der Waals surface area contributed by atoms with Gasteiger partial charge in [0, 0.05) is 7.05 Å². The second kappa shape index (κ2) is 2.92. The van der Waals surface area contributed by atoms with Crippen LogP contribution in [0.5, 0.6) is 5.75 Å². The third-order valence-corrected chi connectivity index (χ3v) is 1.56. The van der Waals surface area contributed by atoms with Gasteiger partial charge in [-0.2, -0.15) is 5.10 Å². The largest absolute Gasteiger partial charge is 0.493 e. The van der Waals surface area contributed by atoms with Gasteiger partial charge in [-0.3, -0.25) is 4.68 Å². The van der Waals surface area contributed by atoms with Gasteiger partial charge < -0.3 is 9.84 Å². The van der Waals surface area contributed by atoms with Gasteiger partial charge in [0.05, 0.1) is 19.4 Å². The SMILES string of the molecule is COc1cnn(C)c1C(C)O. The molecule has 1 N–H and O–H groups in total. The van der Waals surface area contributed by atoms with Gasteiger partial charge in [-0.15, -0.1) is 0 Å². The number of nitrogens with zero attached hydrogens (tertiary/aromatic N) is 2. The second-order valence-corrected chi connectivity index (χ2v) is 2.40. The standard InChI is InChI=1S/C7H12N2O2/c1-5(10)7-6(11-3)4-8-9(7)2/h4-5,10H,1-3H3. The molecule has 1 atom stereocenters. The molecule has 0 amide bonds. The molecule has 0 spiro atoms. The highest BCUT2D eigenvalue weighted by molar-refractivity contribution is 5.26. The molecule has 0 radical (unpaired) electrons. The highest BCUT2D eigenvalue weighted by Gasteiger charge is 2.12. The summed E-state index contributed by atoms with van der Waals surface area (Å²) in [5.74, 6) is 0.627. The van der Waals surface area contributed by atoms with Crippen LogP contribution in [0.1, 0.15) is 18.7 Å². The van der Waals surface area contributed by atoms with Crippen molar-refractivity contribution in [1.82, 2.24) is 9.78 Å². The van der Waals surface area contributed by atoms with E-state index in [9.17, 15) is 5.11 Å². The number of hydrogen-bond acceptors (Lipinski definition) is 3. The summed E-state index contributed by atoms with van der Waals surface area (Å²) in [5, 5.41) is 13.2. The van der Waals surface area contributed by atoms with Gasteiger partial charge in [0.15, 0.2) is 5.75 Å². The molecule has 0 bridgehead atoms. The van der Waals surface area contributed by atoms with E-state index in [1.54, 1.807) is 32.0 Å². The van der Waals surface area contributed by atoms with Crippen LogP contribution in [-0.4, -0.2) is 22.0 Å². The zero-order chi connectivity index (χ0) is 8.43. The second-order valence-electron chi connectivity index (χ2n) is 2.40. The number of aliphatic hydroxyl groups excluding tert-OH is 1. The fourth-order valence-corrected chi connectivity index (χ4v) is 1.06. The van der Waals surface area contributed by atoms with E-state index in [0.29, 0.717) is 11.4 Å². The van der Waals surface area contributed by atoms with E-state index >= 15 is 0 Å². The topological polar surface area (TPSA) is 47.3 Å². The first-order chi connectivity index (χ1) is 5.16. The van der Waals surface area contributed by atoms with Gasteiger partial charge in [-0.05, 0) is 6.92 Å². The summed E-state index contributed by atoms with van der Waals surface area (Å²) >= 11 is 0. The lowest BCUT2D eigenvalue weighted by Gasteiger charge is -2.06. The van der Waals surface area contributed by atoms with E-state index in [2.05, 4.69) is 5.10 Å². The Balaban J connectivity index is 3.07. The molecule has 0 aliphatic heterocycles. The van der Waals surface area contributed by atoms with Gasteiger partial charge in [0.25, 0.3) is 0 Å². The molecule has 0 aliphatic carbocycles. The molecular weight excluding hydrogens is 144 g/mol. The maximum Gasteiger partial charge on any atom is 0.162 e. The molecule has 1 aromatic rings. The minimum atomic E-state index is -0.544. The van der Waals surface area contributed by atoms with E-state index in [0.717, 1.165) is 0 Å². The molecule has 0 saturated carbocycles. The fourth-order valence-electron chi connectivity index (χ4n) is 1.06. The molecule has 4 heteroatoms. The first kappa shape index (κ1) is 8.07. The van der Waals surface area contributed by atoms with Crippen molar-refractivity contribution in [3.05, 3.63) is 11.9 Å². The van der Waals surface area contributed by atoms with Crippen molar-refractivity contribution in [3.8, 4) is 5.75 Å². The average molecular weight is 156 g/mol. The molecule has 1 aromatic heterocycles. The lowest BCUT2D eigenvalue weighted by Crippen LogP contribution is -2.03. The van der Waals surface area contributed by atoms with Gasteiger partial charge in [0.1, 0.15) is 5.69 Å². The van der Waals surface area contributed by atoms with Crippen LogP contribution < -0.4 is 4.74 Å². The Labute approximate surface area is 65.4 Å². The predicted molar refractivity (Wildman–Crippen MR) is 40.4 cm³/mol. The molecule has 1 unspecified atom stereocenters. The van der Waals surface area contributed by atoms with E-state index in [-0.39, 0.29) is 0 Å². The molecule has 0 aromatic carbocycles. The van der Waals surface area contributed by atoms with E-state index in [1.807, 2.05) is 0 Å². The monoisotopic (exact) mass is 156 g/mol. The number of methoxy groups -OCH3 is 1. The Kier molecular flexibility index (Phi) is 2.14. The minimum absolute atomic E-state index is 0.544. The summed E-state index contributed by atoms with van der Waals surface area (Å²) in [5.41, 5.74) is 0.701. The lowest BCUT2D eigenvalue weighted by molar-refractivity contribution is 0.184. The highest BCUT2D eigenvalue weighted by Crippen LogP contribution is 2.22. The van der Waals surface area contributed by atoms with Crippen LogP contribution in [0, 0.1) is 0 Å². The van der Waals surface area contributed by atoms with Crippen LogP contribution in [0.4, 0.5) is 0 Å². The number of rotatable bonds is 2. The van der Waals surface area contributed by atoms with Crippen molar-refractivity contribution in [3.63, 3.8) is 0 Å². The minimum Gasteiger partial charge on any atom is -0.493 e. The van der Waals surface area contributed by atoms with Gasteiger partial charge in [0.2, 0.25) is 0 Å². The van der Waals surface area contributed by atoms with Crippen LogP contribution >= 0.6 is 0 Å². The third kappa shape index (κ3) is 1.35. The Morgan fingerprint density at radius 3 is 2.73 bits per heavy atom. The van der Waals surface area contributed by atoms with E-state index in [4.69, 9.17) is 4.74 Å². The van der Waals surface area contributed by atoms with Crippen molar-refractivity contribution < 1.29 is 9.84 Å².